The molecule has 5 nitrogen and oxygen atoms in total. The highest BCUT2D eigenvalue weighted by molar-refractivity contribution is 7.13. The molecule has 2 aromatic heterocycles. The van der Waals surface area contributed by atoms with Crippen molar-refractivity contribution in [2.45, 2.75) is 19.8 Å². The summed E-state index contributed by atoms with van der Waals surface area (Å²) in [6.45, 7) is 2.73. The van der Waals surface area contributed by atoms with E-state index in [0.717, 1.165) is 17.7 Å². The second kappa shape index (κ2) is 7.21. The van der Waals surface area contributed by atoms with Gasteiger partial charge in [0.2, 0.25) is 0 Å². The number of hydrogen-bond acceptors (Lipinski definition) is 5. The number of aromatic nitrogens is 1. The van der Waals surface area contributed by atoms with Crippen molar-refractivity contribution in [1.29, 1.82) is 0 Å². The molecule has 1 atom stereocenters. The molecule has 2 rings (SSSR count). The minimum absolute atomic E-state index is 0.182. The van der Waals surface area contributed by atoms with Gasteiger partial charge in [-0.05, 0) is 30.2 Å². The van der Waals surface area contributed by atoms with Gasteiger partial charge in [0.05, 0.1) is 4.88 Å². The van der Waals surface area contributed by atoms with E-state index in [4.69, 9.17) is 9.63 Å². The van der Waals surface area contributed by atoms with Crippen molar-refractivity contribution in [3.63, 3.8) is 0 Å². The van der Waals surface area contributed by atoms with Crippen LogP contribution in [0.15, 0.2) is 28.1 Å². The summed E-state index contributed by atoms with van der Waals surface area (Å²) in [4.78, 5) is 12.8. The van der Waals surface area contributed by atoms with Crippen LogP contribution in [0.3, 0.4) is 0 Å². The molecule has 0 saturated heterocycles. The van der Waals surface area contributed by atoms with E-state index < -0.39 is 0 Å². The smallest absolute Gasteiger partial charge is 0.273 e. The number of carbonyl (C=O) groups excluding carboxylic acids is 1. The number of thiophene rings is 1. The number of hydrogen-bond donors (Lipinski definition) is 2. The van der Waals surface area contributed by atoms with E-state index in [0.29, 0.717) is 18.0 Å². The van der Waals surface area contributed by atoms with Gasteiger partial charge in [-0.3, -0.25) is 4.79 Å². The van der Waals surface area contributed by atoms with Crippen LogP contribution in [-0.4, -0.2) is 29.3 Å². The Hall–Kier alpha value is -1.66. The highest BCUT2D eigenvalue weighted by Gasteiger charge is 2.13. The van der Waals surface area contributed by atoms with Gasteiger partial charge in [0, 0.05) is 19.2 Å². The maximum atomic E-state index is 11.9. The second-order valence-corrected chi connectivity index (χ2v) is 5.69. The van der Waals surface area contributed by atoms with Gasteiger partial charge < -0.3 is 14.9 Å². The molecule has 0 fully saturated rings. The third-order valence-electron chi connectivity index (χ3n) is 2.98. The fourth-order valence-electron chi connectivity index (χ4n) is 1.75. The van der Waals surface area contributed by atoms with Crippen molar-refractivity contribution in [1.82, 2.24) is 10.5 Å². The first kappa shape index (κ1) is 14.7. The predicted molar refractivity (Wildman–Crippen MR) is 77.6 cm³/mol. The first-order valence-corrected chi connectivity index (χ1v) is 7.48. The average Bonchev–Trinajstić information content (AvgIpc) is 3.12. The highest BCUT2D eigenvalue weighted by Crippen LogP contribution is 2.24. The molecule has 2 N–H and O–H groups in total. The molecule has 1 unspecified atom stereocenters. The molecule has 0 radical (unpaired) electrons. The van der Waals surface area contributed by atoms with Crippen molar-refractivity contribution in [2.75, 3.05) is 13.2 Å². The normalized spacial score (nSPS) is 12.3. The summed E-state index contributed by atoms with van der Waals surface area (Å²) < 4.78 is 5.16. The molecule has 0 spiro atoms. The Morgan fingerprint density at radius 3 is 3.15 bits per heavy atom. The summed E-state index contributed by atoms with van der Waals surface area (Å²) in [5, 5.41) is 17.4. The lowest BCUT2D eigenvalue weighted by molar-refractivity contribution is 0.0943. The van der Waals surface area contributed by atoms with Crippen LogP contribution in [0.5, 0.6) is 0 Å². The van der Waals surface area contributed by atoms with E-state index in [-0.39, 0.29) is 18.4 Å². The molecule has 0 bridgehead atoms. The van der Waals surface area contributed by atoms with Crippen molar-refractivity contribution in [3.05, 3.63) is 29.3 Å². The Morgan fingerprint density at radius 1 is 1.60 bits per heavy atom. The first-order chi connectivity index (χ1) is 9.70. The van der Waals surface area contributed by atoms with E-state index in [9.17, 15) is 4.79 Å². The van der Waals surface area contributed by atoms with Crippen molar-refractivity contribution < 1.29 is 14.4 Å². The molecule has 0 aliphatic rings. The quantitative estimate of drug-likeness (QED) is 0.769. The zero-order valence-electron chi connectivity index (χ0n) is 11.3. The third kappa shape index (κ3) is 3.91. The molecule has 20 heavy (non-hydrogen) atoms. The minimum atomic E-state index is -0.229. The minimum Gasteiger partial charge on any atom is -0.396 e. The Bertz CT molecular complexity index is 536. The predicted octanol–water partition coefficient (Wildman–Crippen LogP) is 2.54. The molecule has 0 aliphatic heterocycles. The lowest BCUT2D eigenvalue weighted by atomic mass is 10.1. The topological polar surface area (TPSA) is 75.4 Å². The van der Waals surface area contributed by atoms with Gasteiger partial charge in [-0.1, -0.05) is 18.1 Å². The van der Waals surface area contributed by atoms with E-state index in [2.05, 4.69) is 10.5 Å². The number of aliphatic hydroxyl groups is 1. The monoisotopic (exact) mass is 294 g/mol. The fraction of sp³-hybridized carbons (Fsp3) is 0.429. The molecular formula is C14H18N2O3S. The summed E-state index contributed by atoms with van der Waals surface area (Å²) >= 11 is 1.54. The van der Waals surface area contributed by atoms with Gasteiger partial charge in [0.1, 0.15) is 0 Å². The lowest BCUT2D eigenvalue weighted by Gasteiger charge is -2.07. The Morgan fingerprint density at radius 2 is 2.45 bits per heavy atom. The Kier molecular flexibility index (Phi) is 5.31. The molecule has 6 heteroatoms. The number of carbonyl (C=O) groups is 1. The number of rotatable bonds is 7. The van der Waals surface area contributed by atoms with E-state index in [1.807, 2.05) is 24.4 Å². The van der Waals surface area contributed by atoms with Crippen LogP contribution in [0.25, 0.3) is 10.6 Å². The first-order valence-electron chi connectivity index (χ1n) is 6.60. The average molecular weight is 294 g/mol. The van der Waals surface area contributed by atoms with Crippen LogP contribution in [-0.2, 0) is 0 Å². The standard InChI is InChI=1S/C14H18N2O3S/c1-10(9-17)4-2-6-15-14(18)11-8-12(19-16-11)13-5-3-7-20-13/h3,5,7-8,10,17H,2,4,6,9H2,1H3,(H,15,18). The molecular weight excluding hydrogens is 276 g/mol. The van der Waals surface area contributed by atoms with E-state index in [1.165, 1.54) is 11.3 Å². The van der Waals surface area contributed by atoms with E-state index in [1.54, 1.807) is 6.07 Å². The largest absolute Gasteiger partial charge is 0.396 e. The zero-order valence-corrected chi connectivity index (χ0v) is 12.2. The summed E-state index contributed by atoms with van der Waals surface area (Å²) in [5.74, 6) is 0.650. The van der Waals surface area contributed by atoms with Crippen LogP contribution >= 0.6 is 11.3 Å². The van der Waals surface area contributed by atoms with Gasteiger partial charge in [-0.25, -0.2) is 0 Å². The summed E-state index contributed by atoms with van der Waals surface area (Å²) in [5.41, 5.74) is 0.295. The number of nitrogens with one attached hydrogen (secondary N) is 1. The summed E-state index contributed by atoms with van der Waals surface area (Å²) in [6, 6.07) is 5.49. The molecule has 0 aromatic carbocycles. The summed E-state index contributed by atoms with van der Waals surface area (Å²) in [7, 11) is 0. The van der Waals surface area contributed by atoms with Crippen LogP contribution < -0.4 is 5.32 Å². The second-order valence-electron chi connectivity index (χ2n) is 4.74. The molecule has 0 saturated carbocycles. The molecule has 2 aromatic rings. The number of nitrogens with zero attached hydrogens (tertiary/aromatic N) is 1. The van der Waals surface area contributed by atoms with Gasteiger partial charge in [-0.2, -0.15) is 0 Å². The Balaban J connectivity index is 1.81. The van der Waals surface area contributed by atoms with Gasteiger partial charge in [0.25, 0.3) is 5.91 Å². The molecule has 1 amide bonds. The van der Waals surface area contributed by atoms with Crippen molar-refractivity contribution in [3.8, 4) is 10.6 Å². The Labute approximate surface area is 121 Å². The maximum absolute atomic E-state index is 11.9. The molecule has 108 valence electrons. The maximum Gasteiger partial charge on any atom is 0.273 e. The zero-order chi connectivity index (χ0) is 14.4. The molecule has 0 aliphatic carbocycles. The highest BCUT2D eigenvalue weighted by atomic mass is 32.1. The fourth-order valence-corrected chi connectivity index (χ4v) is 2.42. The van der Waals surface area contributed by atoms with Gasteiger partial charge in [0.15, 0.2) is 11.5 Å². The van der Waals surface area contributed by atoms with Crippen LogP contribution in [0, 0.1) is 5.92 Å². The molecule has 2 heterocycles. The van der Waals surface area contributed by atoms with Crippen LogP contribution in [0.1, 0.15) is 30.3 Å². The van der Waals surface area contributed by atoms with Gasteiger partial charge >= 0.3 is 0 Å². The van der Waals surface area contributed by atoms with Crippen LogP contribution in [0.4, 0.5) is 0 Å². The lowest BCUT2D eigenvalue weighted by Crippen LogP contribution is -2.25. The van der Waals surface area contributed by atoms with E-state index >= 15 is 0 Å². The van der Waals surface area contributed by atoms with Crippen LogP contribution in [0.2, 0.25) is 0 Å². The van der Waals surface area contributed by atoms with Gasteiger partial charge in [-0.15, -0.1) is 11.3 Å². The third-order valence-corrected chi connectivity index (χ3v) is 3.86. The number of amides is 1. The van der Waals surface area contributed by atoms with Crippen molar-refractivity contribution in [2.24, 2.45) is 5.92 Å². The summed E-state index contributed by atoms with van der Waals surface area (Å²) in [6.07, 6.45) is 1.72. The van der Waals surface area contributed by atoms with Crippen molar-refractivity contribution >= 4 is 17.2 Å². The SMILES string of the molecule is CC(CO)CCCNC(=O)c1cc(-c2cccs2)on1. The number of aliphatic hydroxyl groups excluding tert-OH is 1.